The fraction of sp³-hybridized carbons (Fsp3) is 0.389. The van der Waals surface area contributed by atoms with Crippen LogP contribution in [0.4, 0.5) is 14.9 Å². The number of anilines is 1. The molecule has 9 heteroatoms. The molecule has 3 rings (SSSR count). The van der Waals surface area contributed by atoms with E-state index >= 15 is 0 Å². The van der Waals surface area contributed by atoms with E-state index in [0.717, 1.165) is 0 Å². The zero-order valence-electron chi connectivity index (χ0n) is 15.0. The first-order valence-corrected chi connectivity index (χ1v) is 8.95. The Hall–Kier alpha value is -2.61. The standard InChI is InChI=1S/C18H20ClFN4O3/c1-3-13-16(20)17(22-10-21-13)27-12-6-7-24(9-12)18(25)23-14-8-11(19)4-5-15(14)26-2/h4-5,8,10,12H,3,6-7,9H2,1-2H3,(H,23,25)/t12-/m0/s1. The minimum Gasteiger partial charge on any atom is -0.495 e. The summed E-state index contributed by atoms with van der Waals surface area (Å²) in [4.78, 5) is 21.9. The second-order valence-corrected chi connectivity index (χ2v) is 6.48. The van der Waals surface area contributed by atoms with Crippen LogP contribution in [0.2, 0.25) is 5.02 Å². The van der Waals surface area contributed by atoms with Crippen molar-refractivity contribution in [2.24, 2.45) is 0 Å². The SMILES string of the molecule is CCc1ncnc(O[C@H]2CCN(C(=O)Nc3cc(Cl)ccc3OC)C2)c1F. The Bertz CT molecular complexity index is 836. The number of nitrogens with zero attached hydrogens (tertiary/aromatic N) is 3. The first-order chi connectivity index (χ1) is 13.0. The Morgan fingerprint density at radius 1 is 1.44 bits per heavy atom. The fourth-order valence-electron chi connectivity index (χ4n) is 2.86. The number of likely N-dealkylation sites (tertiary alicyclic amines) is 1. The van der Waals surface area contributed by atoms with Gasteiger partial charge in [0.2, 0.25) is 5.82 Å². The smallest absolute Gasteiger partial charge is 0.322 e. The number of urea groups is 1. The molecule has 1 fully saturated rings. The van der Waals surface area contributed by atoms with Gasteiger partial charge in [-0.05, 0) is 24.6 Å². The van der Waals surface area contributed by atoms with E-state index in [0.29, 0.717) is 48.1 Å². The number of halogens is 2. The highest BCUT2D eigenvalue weighted by Gasteiger charge is 2.29. The molecule has 0 spiro atoms. The summed E-state index contributed by atoms with van der Waals surface area (Å²) in [6.45, 7) is 2.60. The predicted octanol–water partition coefficient (Wildman–Crippen LogP) is 3.53. The number of carbonyl (C=O) groups is 1. The van der Waals surface area contributed by atoms with Crippen molar-refractivity contribution in [3.63, 3.8) is 0 Å². The summed E-state index contributed by atoms with van der Waals surface area (Å²) in [5.74, 6) is -0.118. The van der Waals surface area contributed by atoms with Crippen LogP contribution in [-0.2, 0) is 6.42 Å². The third-order valence-corrected chi connectivity index (χ3v) is 4.51. The van der Waals surface area contributed by atoms with E-state index in [4.69, 9.17) is 21.1 Å². The molecule has 1 aliphatic heterocycles. The normalized spacial score (nSPS) is 16.3. The predicted molar refractivity (Wildman–Crippen MR) is 99.0 cm³/mol. The van der Waals surface area contributed by atoms with E-state index in [-0.39, 0.29) is 18.0 Å². The van der Waals surface area contributed by atoms with Gasteiger partial charge in [-0.15, -0.1) is 0 Å². The number of nitrogens with one attached hydrogen (secondary N) is 1. The molecule has 1 aromatic carbocycles. The maximum absolute atomic E-state index is 14.2. The molecule has 0 radical (unpaired) electrons. The molecular weight excluding hydrogens is 375 g/mol. The van der Waals surface area contributed by atoms with E-state index in [1.54, 1.807) is 30.0 Å². The third-order valence-electron chi connectivity index (χ3n) is 4.28. The fourth-order valence-corrected chi connectivity index (χ4v) is 3.03. The zero-order valence-corrected chi connectivity index (χ0v) is 15.8. The Kier molecular flexibility index (Phi) is 5.95. The Labute approximate surface area is 161 Å². The quantitative estimate of drug-likeness (QED) is 0.839. The molecule has 0 aliphatic carbocycles. The van der Waals surface area contributed by atoms with Crippen molar-refractivity contribution < 1.29 is 18.7 Å². The molecule has 144 valence electrons. The number of amides is 2. The average Bonchev–Trinajstić information content (AvgIpc) is 3.12. The topological polar surface area (TPSA) is 76.6 Å². The largest absolute Gasteiger partial charge is 0.495 e. The third kappa shape index (κ3) is 4.39. The molecular formula is C18H20ClFN4O3. The number of hydrogen-bond acceptors (Lipinski definition) is 5. The first-order valence-electron chi connectivity index (χ1n) is 8.57. The van der Waals surface area contributed by atoms with Crippen molar-refractivity contribution in [3.8, 4) is 11.6 Å². The van der Waals surface area contributed by atoms with Gasteiger partial charge >= 0.3 is 6.03 Å². The second kappa shape index (κ2) is 8.39. The molecule has 1 saturated heterocycles. The summed E-state index contributed by atoms with van der Waals surface area (Å²) >= 11 is 5.98. The molecule has 2 heterocycles. The van der Waals surface area contributed by atoms with Crippen molar-refractivity contribution >= 4 is 23.3 Å². The molecule has 0 unspecified atom stereocenters. The summed E-state index contributed by atoms with van der Waals surface area (Å²) in [6, 6.07) is 4.66. The molecule has 27 heavy (non-hydrogen) atoms. The summed E-state index contributed by atoms with van der Waals surface area (Å²) in [5, 5.41) is 3.27. The van der Waals surface area contributed by atoms with Crippen molar-refractivity contribution in [1.29, 1.82) is 0 Å². The molecule has 0 bridgehead atoms. The number of ether oxygens (including phenoxy) is 2. The molecule has 1 aromatic heterocycles. The van der Waals surface area contributed by atoms with Crippen molar-refractivity contribution in [2.45, 2.75) is 25.9 Å². The van der Waals surface area contributed by atoms with E-state index < -0.39 is 5.82 Å². The number of aromatic nitrogens is 2. The highest BCUT2D eigenvalue weighted by atomic mass is 35.5. The van der Waals surface area contributed by atoms with E-state index in [1.807, 2.05) is 0 Å². The molecule has 1 N–H and O–H groups in total. The number of carbonyl (C=O) groups excluding carboxylic acids is 1. The molecule has 1 aliphatic rings. The van der Waals surface area contributed by atoms with Crippen molar-refractivity contribution in [1.82, 2.24) is 14.9 Å². The van der Waals surface area contributed by atoms with Gasteiger partial charge in [-0.3, -0.25) is 0 Å². The minimum absolute atomic E-state index is 0.0781. The summed E-state index contributed by atoms with van der Waals surface area (Å²) in [7, 11) is 1.51. The minimum atomic E-state index is -0.549. The number of rotatable bonds is 5. The van der Waals surface area contributed by atoms with Gasteiger partial charge in [-0.1, -0.05) is 18.5 Å². The maximum atomic E-state index is 14.2. The van der Waals surface area contributed by atoms with E-state index in [1.165, 1.54) is 13.4 Å². The number of aryl methyl sites for hydroxylation is 1. The van der Waals surface area contributed by atoms with Crippen LogP contribution < -0.4 is 14.8 Å². The van der Waals surface area contributed by atoms with Gasteiger partial charge in [0, 0.05) is 18.0 Å². The van der Waals surface area contributed by atoms with Crippen LogP contribution in [0.5, 0.6) is 11.6 Å². The number of methoxy groups -OCH3 is 1. The lowest BCUT2D eigenvalue weighted by molar-refractivity contribution is 0.182. The van der Waals surface area contributed by atoms with Crippen molar-refractivity contribution in [3.05, 3.63) is 41.1 Å². The second-order valence-electron chi connectivity index (χ2n) is 6.04. The van der Waals surface area contributed by atoms with Gasteiger partial charge in [0.1, 0.15) is 18.2 Å². The molecule has 1 atom stereocenters. The Morgan fingerprint density at radius 3 is 3.00 bits per heavy atom. The van der Waals surface area contributed by atoms with Gasteiger partial charge in [-0.2, -0.15) is 9.37 Å². The molecule has 2 amide bonds. The molecule has 0 saturated carbocycles. The summed E-state index contributed by atoms with van der Waals surface area (Å²) in [6.07, 6.45) is 1.96. The molecule has 7 nitrogen and oxygen atoms in total. The number of hydrogen-bond donors (Lipinski definition) is 1. The van der Waals surface area contributed by atoms with Crippen molar-refractivity contribution in [2.75, 3.05) is 25.5 Å². The van der Waals surface area contributed by atoms with Gasteiger partial charge in [0.05, 0.1) is 25.0 Å². The van der Waals surface area contributed by atoms with Crippen LogP contribution in [0.1, 0.15) is 19.0 Å². The van der Waals surface area contributed by atoms with Gasteiger partial charge in [0.25, 0.3) is 5.88 Å². The highest BCUT2D eigenvalue weighted by Crippen LogP contribution is 2.28. The van der Waals surface area contributed by atoms with Crippen LogP contribution in [-0.4, -0.2) is 47.2 Å². The van der Waals surface area contributed by atoms with Crippen LogP contribution in [0.15, 0.2) is 24.5 Å². The average molecular weight is 395 g/mol. The lowest BCUT2D eigenvalue weighted by Crippen LogP contribution is -2.34. The highest BCUT2D eigenvalue weighted by molar-refractivity contribution is 6.31. The van der Waals surface area contributed by atoms with Crippen LogP contribution >= 0.6 is 11.6 Å². The van der Waals surface area contributed by atoms with Gasteiger partial charge in [-0.25, -0.2) is 9.78 Å². The monoisotopic (exact) mass is 394 g/mol. The Morgan fingerprint density at radius 2 is 2.26 bits per heavy atom. The van der Waals surface area contributed by atoms with Gasteiger partial charge in [0.15, 0.2) is 0 Å². The number of benzene rings is 1. The lowest BCUT2D eigenvalue weighted by Gasteiger charge is -2.19. The lowest BCUT2D eigenvalue weighted by atomic mass is 10.3. The van der Waals surface area contributed by atoms with Crippen LogP contribution in [0, 0.1) is 5.82 Å². The van der Waals surface area contributed by atoms with E-state index in [9.17, 15) is 9.18 Å². The summed E-state index contributed by atoms with van der Waals surface area (Å²) < 4.78 is 25.1. The molecule has 2 aromatic rings. The first kappa shape index (κ1) is 19.2. The van der Waals surface area contributed by atoms with Crippen LogP contribution in [0.3, 0.4) is 0 Å². The summed E-state index contributed by atoms with van der Waals surface area (Å²) in [5.41, 5.74) is 0.787. The Balaban J connectivity index is 1.63. The van der Waals surface area contributed by atoms with Crippen LogP contribution in [0.25, 0.3) is 0 Å². The van der Waals surface area contributed by atoms with Gasteiger partial charge < -0.3 is 19.7 Å². The van der Waals surface area contributed by atoms with E-state index in [2.05, 4.69) is 15.3 Å². The zero-order chi connectivity index (χ0) is 19.4. The maximum Gasteiger partial charge on any atom is 0.322 e.